The van der Waals surface area contributed by atoms with Crippen molar-refractivity contribution in [3.05, 3.63) is 53.3 Å². The summed E-state index contributed by atoms with van der Waals surface area (Å²) >= 11 is 5.27. The van der Waals surface area contributed by atoms with Gasteiger partial charge in [-0.05, 0) is 36.5 Å². The van der Waals surface area contributed by atoms with E-state index >= 15 is 0 Å². The maximum Gasteiger partial charge on any atom is 0.175 e. The molecule has 0 atom stereocenters. The summed E-state index contributed by atoms with van der Waals surface area (Å²) in [6.07, 6.45) is 0. The van der Waals surface area contributed by atoms with Crippen LogP contribution in [0.3, 0.4) is 0 Å². The Morgan fingerprint density at radius 3 is 1.64 bits per heavy atom. The second kappa shape index (κ2) is 6.07. The minimum atomic E-state index is 0.579. The Kier molecular flexibility index (Phi) is 3.98. The van der Waals surface area contributed by atoms with E-state index in [1.807, 2.05) is 48.5 Å². The van der Waals surface area contributed by atoms with Crippen LogP contribution < -0.4 is 9.47 Å². The lowest BCUT2D eigenvalue weighted by atomic mass is 10.0. The molecule has 0 aliphatic carbocycles. The van der Waals surface area contributed by atoms with E-state index in [0.29, 0.717) is 4.77 Å². The lowest BCUT2D eigenvalue weighted by molar-refractivity contribution is 0.415. The molecule has 22 heavy (non-hydrogen) atoms. The van der Waals surface area contributed by atoms with Crippen LogP contribution in [0.4, 0.5) is 0 Å². The van der Waals surface area contributed by atoms with Crippen molar-refractivity contribution in [1.82, 2.24) is 9.97 Å². The number of H-pyrrole nitrogens is 2. The van der Waals surface area contributed by atoms with E-state index in [1.54, 1.807) is 14.2 Å². The fourth-order valence-electron chi connectivity index (χ4n) is 2.37. The van der Waals surface area contributed by atoms with Crippen LogP contribution in [0.25, 0.3) is 22.5 Å². The van der Waals surface area contributed by atoms with Gasteiger partial charge in [-0.3, -0.25) is 0 Å². The number of hydrogen-bond donors (Lipinski definition) is 2. The molecule has 3 rings (SSSR count). The summed E-state index contributed by atoms with van der Waals surface area (Å²) in [5, 5.41) is 0. The molecule has 3 aromatic rings. The SMILES string of the molecule is COc1cccc(-c2[nH]c(=S)[nH]c2-c2cccc(OC)c2)c1. The molecule has 2 aromatic carbocycles. The molecule has 1 aromatic heterocycles. The van der Waals surface area contributed by atoms with Gasteiger partial charge >= 0.3 is 0 Å². The molecular formula is C17H16N2O2S. The smallest absolute Gasteiger partial charge is 0.175 e. The first-order valence-corrected chi connectivity index (χ1v) is 7.23. The van der Waals surface area contributed by atoms with Gasteiger partial charge < -0.3 is 19.4 Å². The number of hydrogen-bond acceptors (Lipinski definition) is 3. The van der Waals surface area contributed by atoms with Crippen LogP contribution >= 0.6 is 12.2 Å². The summed E-state index contributed by atoms with van der Waals surface area (Å²) in [7, 11) is 3.31. The van der Waals surface area contributed by atoms with Crippen LogP contribution in [0.1, 0.15) is 0 Å². The van der Waals surface area contributed by atoms with Crippen LogP contribution in [0.15, 0.2) is 48.5 Å². The van der Waals surface area contributed by atoms with Crippen molar-refractivity contribution in [2.45, 2.75) is 0 Å². The van der Waals surface area contributed by atoms with Crippen molar-refractivity contribution in [3.8, 4) is 34.0 Å². The number of imidazole rings is 1. The van der Waals surface area contributed by atoms with Crippen LogP contribution in [-0.2, 0) is 0 Å². The summed E-state index contributed by atoms with van der Waals surface area (Å²) in [6.45, 7) is 0. The Labute approximate surface area is 133 Å². The third-order valence-electron chi connectivity index (χ3n) is 3.44. The van der Waals surface area contributed by atoms with Crippen molar-refractivity contribution in [2.24, 2.45) is 0 Å². The largest absolute Gasteiger partial charge is 0.497 e. The molecule has 0 aliphatic heterocycles. The second-order valence-electron chi connectivity index (χ2n) is 4.79. The van der Waals surface area contributed by atoms with Crippen molar-refractivity contribution >= 4 is 12.2 Å². The van der Waals surface area contributed by atoms with Gasteiger partial charge in [0.25, 0.3) is 0 Å². The Bertz CT molecular complexity index is 784. The van der Waals surface area contributed by atoms with Crippen LogP contribution in [0, 0.1) is 4.77 Å². The Morgan fingerprint density at radius 2 is 1.23 bits per heavy atom. The highest BCUT2D eigenvalue weighted by atomic mass is 32.1. The molecule has 0 fully saturated rings. The van der Waals surface area contributed by atoms with E-state index in [2.05, 4.69) is 9.97 Å². The van der Waals surface area contributed by atoms with E-state index in [0.717, 1.165) is 34.0 Å². The molecule has 0 radical (unpaired) electrons. The zero-order chi connectivity index (χ0) is 15.5. The van der Waals surface area contributed by atoms with Gasteiger partial charge in [-0.25, -0.2) is 0 Å². The standard InChI is InChI=1S/C17H16N2O2S/c1-20-13-7-3-5-11(9-13)15-16(19-17(22)18-15)12-6-4-8-14(10-12)21-2/h3-10H,1-2H3,(H2,18,19,22). The number of benzene rings is 2. The molecule has 0 saturated heterocycles. The van der Waals surface area contributed by atoms with Gasteiger partial charge in [-0.15, -0.1) is 0 Å². The molecule has 2 N–H and O–H groups in total. The number of rotatable bonds is 4. The van der Waals surface area contributed by atoms with E-state index in [1.165, 1.54) is 0 Å². The van der Waals surface area contributed by atoms with Crippen LogP contribution in [-0.4, -0.2) is 24.2 Å². The summed E-state index contributed by atoms with van der Waals surface area (Å²) in [5.41, 5.74) is 3.86. The molecule has 1 heterocycles. The summed E-state index contributed by atoms with van der Waals surface area (Å²) in [5.74, 6) is 1.60. The van der Waals surface area contributed by atoms with E-state index in [-0.39, 0.29) is 0 Å². The van der Waals surface area contributed by atoms with Crippen molar-refractivity contribution in [3.63, 3.8) is 0 Å². The van der Waals surface area contributed by atoms with Gasteiger partial charge in [-0.2, -0.15) is 0 Å². The number of methoxy groups -OCH3 is 2. The average Bonchev–Trinajstić information content (AvgIpc) is 2.97. The fraction of sp³-hybridized carbons (Fsp3) is 0.118. The minimum absolute atomic E-state index is 0.579. The molecule has 0 aliphatic rings. The molecular weight excluding hydrogens is 296 g/mol. The van der Waals surface area contributed by atoms with Gasteiger partial charge in [0.2, 0.25) is 0 Å². The normalized spacial score (nSPS) is 10.5. The van der Waals surface area contributed by atoms with E-state index in [4.69, 9.17) is 21.7 Å². The Balaban J connectivity index is 2.15. The molecule has 0 saturated carbocycles. The maximum absolute atomic E-state index is 5.30. The molecule has 0 unspecified atom stereocenters. The quantitative estimate of drug-likeness (QED) is 0.701. The minimum Gasteiger partial charge on any atom is -0.497 e. The lowest BCUT2D eigenvalue weighted by Crippen LogP contribution is -1.88. The number of aromatic nitrogens is 2. The summed E-state index contributed by atoms with van der Waals surface area (Å²) in [6, 6.07) is 15.7. The predicted octanol–water partition coefficient (Wildman–Crippen LogP) is 4.42. The molecule has 5 heteroatoms. The molecule has 0 amide bonds. The van der Waals surface area contributed by atoms with E-state index < -0.39 is 0 Å². The average molecular weight is 312 g/mol. The third kappa shape index (κ3) is 2.76. The number of ether oxygens (including phenoxy) is 2. The van der Waals surface area contributed by atoms with Crippen molar-refractivity contribution in [2.75, 3.05) is 14.2 Å². The maximum atomic E-state index is 5.30. The summed E-state index contributed by atoms with van der Waals surface area (Å²) < 4.78 is 11.2. The molecule has 4 nitrogen and oxygen atoms in total. The number of nitrogens with one attached hydrogen (secondary N) is 2. The third-order valence-corrected chi connectivity index (χ3v) is 3.65. The highest BCUT2D eigenvalue weighted by Gasteiger charge is 2.12. The Hall–Kier alpha value is -2.53. The first kappa shape index (κ1) is 14.4. The summed E-state index contributed by atoms with van der Waals surface area (Å²) in [4.78, 5) is 6.42. The van der Waals surface area contributed by atoms with Crippen molar-refractivity contribution < 1.29 is 9.47 Å². The first-order chi connectivity index (χ1) is 10.7. The molecule has 0 spiro atoms. The first-order valence-electron chi connectivity index (χ1n) is 6.82. The fourth-order valence-corrected chi connectivity index (χ4v) is 2.58. The topological polar surface area (TPSA) is 50.0 Å². The molecule has 0 bridgehead atoms. The van der Waals surface area contributed by atoms with E-state index in [9.17, 15) is 0 Å². The van der Waals surface area contributed by atoms with Crippen molar-refractivity contribution in [1.29, 1.82) is 0 Å². The predicted molar refractivity (Wildman–Crippen MR) is 90.0 cm³/mol. The van der Waals surface area contributed by atoms with Gasteiger partial charge in [0.15, 0.2) is 4.77 Å². The highest BCUT2D eigenvalue weighted by molar-refractivity contribution is 7.71. The zero-order valence-electron chi connectivity index (χ0n) is 12.3. The highest BCUT2D eigenvalue weighted by Crippen LogP contribution is 2.32. The number of aromatic amines is 2. The van der Waals surface area contributed by atoms with Crippen LogP contribution in [0.5, 0.6) is 11.5 Å². The van der Waals surface area contributed by atoms with Gasteiger partial charge in [0, 0.05) is 11.1 Å². The van der Waals surface area contributed by atoms with Gasteiger partial charge in [-0.1, -0.05) is 24.3 Å². The zero-order valence-corrected chi connectivity index (χ0v) is 13.2. The Morgan fingerprint density at radius 1 is 0.773 bits per heavy atom. The van der Waals surface area contributed by atoms with Crippen LogP contribution in [0.2, 0.25) is 0 Å². The monoisotopic (exact) mass is 312 g/mol. The van der Waals surface area contributed by atoms with Gasteiger partial charge in [0.1, 0.15) is 11.5 Å². The van der Waals surface area contributed by atoms with Gasteiger partial charge in [0.05, 0.1) is 25.6 Å². The second-order valence-corrected chi connectivity index (χ2v) is 5.20. The lowest BCUT2D eigenvalue weighted by Gasteiger charge is -2.07. The molecule has 112 valence electrons.